The van der Waals surface area contributed by atoms with Gasteiger partial charge in [-0.2, -0.15) is 0 Å². The van der Waals surface area contributed by atoms with Gasteiger partial charge in [0.2, 0.25) is 5.91 Å². The molecule has 0 aliphatic carbocycles. The topological polar surface area (TPSA) is 75.6 Å². The molecule has 0 aromatic carbocycles. The summed E-state index contributed by atoms with van der Waals surface area (Å²) in [4.78, 5) is 21.4. The number of rotatable bonds is 9. The molecule has 0 heterocycles. The number of aliphatic carboxylic acids is 1. The first kappa shape index (κ1) is 14.9. The predicted molar refractivity (Wildman–Crippen MR) is 60.2 cm³/mol. The highest BCUT2D eigenvalue weighted by molar-refractivity contribution is 5.77. The summed E-state index contributed by atoms with van der Waals surface area (Å²) < 4.78 is 5.24. The van der Waals surface area contributed by atoms with Crippen molar-refractivity contribution in [3.8, 4) is 0 Å². The average molecular weight is 231 g/mol. The highest BCUT2D eigenvalue weighted by Crippen LogP contribution is 1.95. The van der Waals surface area contributed by atoms with Gasteiger partial charge in [-0.15, -0.1) is 0 Å². The number of hydrogen-bond donors (Lipinski definition) is 2. The van der Waals surface area contributed by atoms with Crippen molar-refractivity contribution in [3.05, 3.63) is 0 Å². The minimum absolute atomic E-state index is 0.0773. The number of carboxylic acid groups (broad SMARTS) is 1. The molecular weight excluding hydrogens is 210 g/mol. The van der Waals surface area contributed by atoms with E-state index in [4.69, 9.17) is 9.84 Å². The van der Waals surface area contributed by atoms with Crippen molar-refractivity contribution in [2.45, 2.75) is 45.6 Å². The van der Waals surface area contributed by atoms with Gasteiger partial charge >= 0.3 is 5.97 Å². The van der Waals surface area contributed by atoms with E-state index in [2.05, 4.69) is 5.32 Å². The fourth-order valence-electron chi connectivity index (χ4n) is 1.02. The van der Waals surface area contributed by atoms with E-state index in [1.807, 2.05) is 13.8 Å². The number of carboxylic acids is 1. The van der Waals surface area contributed by atoms with Crippen LogP contribution in [0, 0.1) is 0 Å². The fraction of sp³-hybridized carbons (Fsp3) is 0.818. The van der Waals surface area contributed by atoms with Crippen molar-refractivity contribution in [2.75, 3.05) is 13.2 Å². The first-order chi connectivity index (χ1) is 7.56. The van der Waals surface area contributed by atoms with Crippen LogP contribution in [-0.2, 0) is 14.3 Å². The van der Waals surface area contributed by atoms with Gasteiger partial charge in [-0.05, 0) is 26.2 Å². The standard InChI is InChI=1S/C11H21NO4/c1-3-9(2)16-8-10(13)12-7-5-4-6-11(14)15/h9H,3-8H2,1-2H3,(H,12,13)(H,14,15). The van der Waals surface area contributed by atoms with Crippen molar-refractivity contribution in [3.63, 3.8) is 0 Å². The quantitative estimate of drug-likeness (QED) is 0.584. The molecule has 94 valence electrons. The first-order valence-corrected chi connectivity index (χ1v) is 5.66. The number of amides is 1. The Labute approximate surface area is 96.2 Å². The Balaban J connectivity index is 3.33. The van der Waals surface area contributed by atoms with Crippen molar-refractivity contribution < 1.29 is 19.4 Å². The van der Waals surface area contributed by atoms with E-state index < -0.39 is 5.97 Å². The van der Waals surface area contributed by atoms with Gasteiger partial charge in [0.05, 0.1) is 6.10 Å². The largest absolute Gasteiger partial charge is 0.481 e. The van der Waals surface area contributed by atoms with Crippen molar-refractivity contribution >= 4 is 11.9 Å². The molecule has 5 heteroatoms. The summed E-state index contributed by atoms with van der Waals surface area (Å²) in [6.45, 7) is 4.50. The van der Waals surface area contributed by atoms with Gasteiger partial charge in [0, 0.05) is 13.0 Å². The van der Waals surface area contributed by atoms with Gasteiger partial charge in [-0.1, -0.05) is 6.92 Å². The lowest BCUT2D eigenvalue weighted by Crippen LogP contribution is -2.30. The second kappa shape index (κ2) is 9.15. The van der Waals surface area contributed by atoms with Gasteiger partial charge in [-0.3, -0.25) is 9.59 Å². The zero-order chi connectivity index (χ0) is 12.4. The lowest BCUT2D eigenvalue weighted by Gasteiger charge is -2.10. The molecule has 5 nitrogen and oxygen atoms in total. The van der Waals surface area contributed by atoms with E-state index in [0.717, 1.165) is 6.42 Å². The number of ether oxygens (including phenoxy) is 1. The molecule has 0 saturated carbocycles. The number of carbonyl (C=O) groups excluding carboxylic acids is 1. The van der Waals surface area contributed by atoms with Crippen LogP contribution in [-0.4, -0.2) is 36.2 Å². The van der Waals surface area contributed by atoms with Gasteiger partial charge in [0.1, 0.15) is 6.61 Å². The molecular formula is C11H21NO4. The van der Waals surface area contributed by atoms with Crippen LogP contribution in [0.25, 0.3) is 0 Å². The van der Waals surface area contributed by atoms with E-state index in [1.165, 1.54) is 0 Å². The molecule has 16 heavy (non-hydrogen) atoms. The number of unbranched alkanes of at least 4 members (excludes halogenated alkanes) is 1. The van der Waals surface area contributed by atoms with Crippen molar-refractivity contribution in [1.29, 1.82) is 0 Å². The molecule has 0 aliphatic rings. The number of carbonyl (C=O) groups is 2. The molecule has 0 aliphatic heterocycles. The molecule has 0 radical (unpaired) electrons. The molecule has 0 aromatic rings. The summed E-state index contributed by atoms with van der Waals surface area (Å²) in [5, 5.41) is 11.1. The van der Waals surface area contributed by atoms with Crippen LogP contribution in [0.5, 0.6) is 0 Å². The van der Waals surface area contributed by atoms with Crippen LogP contribution in [0.3, 0.4) is 0 Å². The van der Waals surface area contributed by atoms with Crippen molar-refractivity contribution in [1.82, 2.24) is 5.32 Å². The first-order valence-electron chi connectivity index (χ1n) is 5.66. The molecule has 0 rings (SSSR count). The highest BCUT2D eigenvalue weighted by atomic mass is 16.5. The van der Waals surface area contributed by atoms with Crippen LogP contribution >= 0.6 is 0 Å². The minimum atomic E-state index is -0.800. The molecule has 2 N–H and O–H groups in total. The lowest BCUT2D eigenvalue weighted by molar-refractivity contribution is -0.137. The summed E-state index contributed by atoms with van der Waals surface area (Å²) in [5.41, 5.74) is 0. The average Bonchev–Trinajstić information content (AvgIpc) is 2.24. The Bertz CT molecular complexity index is 218. The Hall–Kier alpha value is -1.10. The summed E-state index contributed by atoms with van der Waals surface area (Å²) in [6, 6.07) is 0. The third-order valence-corrected chi connectivity index (χ3v) is 2.21. The zero-order valence-electron chi connectivity index (χ0n) is 9.99. The molecule has 0 spiro atoms. The van der Waals surface area contributed by atoms with Gasteiger partial charge in [-0.25, -0.2) is 0 Å². The second-order valence-electron chi connectivity index (χ2n) is 3.73. The van der Waals surface area contributed by atoms with E-state index in [-0.39, 0.29) is 25.0 Å². The normalized spacial score (nSPS) is 12.1. The molecule has 1 amide bonds. The maximum atomic E-state index is 11.2. The number of nitrogens with one attached hydrogen (secondary N) is 1. The van der Waals surface area contributed by atoms with Crippen LogP contribution in [0.1, 0.15) is 39.5 Å². The maximum absolute atomic E-state index is 11.2. The molecule has 0 saturated heterocycles. The monoisotopic (exact) mass is 231 g/mol. The molecule has 1 unspecified atom stereocenters. The maximum Gasteiger partial charge on any atom is 0.303 e. The third-order valence-electron chi connectivity index (χ3n) is 2.21. The fourth-order valence-corrected chi connectivity index (χ4v) is 1.02. The van der Waals surface area contributed by atoms with Crippen LogP contribution in [0.2, 0.25) is 0 Å². The molecule has 1 atom stereocenters. The lowest BCUT2D eigenvalue weighted by atomic mass is 10.2. The van der Waals surface area contributed by atoms with Crippen LogP contribution in [0.4, 0.5) is 0 Å². The van der Waals surface area contributed by atoms with Crippen molar-refractivity contribution in [2.24, 2.45) is 0 Å². The van der Waals surface area contributed by atoms with Crippen LogP contribution in [0.15, 0.2) is 0 Å². The number of hydrogen-bond acceptors (Lipinski definition) is 3. The van der Waals surface area contributed by atoms with Gasteiger partial charge in [0.25, 0.3) is 0 Å². The highest BCUT2D eigenvalue weighted by Gasteiger charge is 2.04. The Kier molecular flexibility index (Phi) is 8.52. The van der Waals surface area contributed by atoms with E-state index >= 15 is 0 Å². The van der Waals surface area contributed by atoms with Crippen LogP contribution < -0.4 is 5.32 Å². The van der Waals surface area contributed by atoms with E-state index in [0.29, 0.717) is 19.4 Å². The summed E-state index contributed by atoms with van der Waals surface area (Å²) in [7, 11) is 0. The van der Waals surface area contributed by atoms with E-state index in [1.54, 1.807) is 0 Å². The Morgan fingerprint density at radius 1 is 1.38 bits per heavy atom. The second-order valence-corrected chi connectivity index (χ2v) is 3.73. The predicted octanol–water partition coefficient (Wildman–Crippen LogP) is 1.17. The third kappa shape index (κ3) is 9.45. The zero-order valence-corrected chi connectivity index (χ0v) is 9.99. The smallest absolute Gasteiger partial charge is 0.303 e. The molecule has 0 fully saturated rings. The summed E-state index contributed by atoms with van der Waals surface area (Å²) in [5.74, 6) is -0.943. The SMILES string of the molecule is CCC(C)OCC(=O)NCCCCC(=O)O. The summed E-state index contributed by atoms with van der Waals surface area (Å²) >= 11 is 0. The van der Waals surface area contributed by atoms with Gasteiger partial charge in [0.15, 0.2) is 0 Å². The van der Waals surface area contributed by atoms with Gasteiger partial charge < -0.3 is 15.2 Å². The minimum Gasteiger partial charge on any atom is -0.481 e. The van der Waals surface area contributed by atoms with E-state index in [9.17, 15) is 9.59 Å². The Morgan fingerprint density at radius 2 is 2.06 bits per heavy atom. The molecule has 0 aromatic heterocycles. The molecule has 0 bridgehead atoms. The Morgan fingerprint density at radius 3 is 2.62 bits per heavy atom. The summed E-state index contributed by atoms with van der Waals surface area (Å²) in [6.07, 6.45) is 2.40.